The van der Waals surface area contributed by atoms with Crippen molar-refractivity contribution >= 4 is 29.1 Å². The monoisotopic (exact) mass is 327 g/mol. The topological polar surface area (TPSA) is 49.3 Å². The lowest BCUT2D eigenvalue weighted by atomic mass is 10.1. The molecule has 2 fully saturated rings. The fraction of sp³-hybridized carbons (Fsp3) is 0.562. The number of hydrogen-bond acceptors (Lipinski definition) is 2. The van der Waals surface area contributed by atoms with Crippen LogP contribution in [0.2, 0.25) is 10.0 Å². The average Bonchev–Trinajstić information content (AvgIpc) is 3.34. The highest BCUT2D eigenvalue weighted by atomic mass is 35.5. The second-order valence-electron chi connectivity index (χ2n) is 6.09. The Morgan fingerprint density at radius 3 is 2.71 bits per heavy atom. The quantitative estimate of drug-likeness (QED) is 0.841. The van der Waals surface area contributed by atoms with E-state index >= 15 is 0 Å². The first kappa shape index (κ1) is 15.1. The Labute approximate surface area is 134 Å². The molecular weight excluding hydrogens is 309 g/mol. The lowest BCUT2D eigenvalue weighted by molar-refractivity contribution is -0.123. The van der Waals surface area contributed by atoms with Crippen molar-refractivity contribution in [2.75, 3.05) is 6.61 Å². The molecule has 1 aromatic carbocycles. The first-order valence-corrected chi connectivity index (χ1v) is 8.22. The lowest BCUT2D eigenvalue weighted by Crippen LogP contribution is -2.38. The van der Waals surface area contributed by atoms with E-state index in [9.17, 15) is 4.79 Å². The van der Waals surface area contributed by atoms with E-state index in [1.807, 2.05) is 12.1 Å². The van der Waals surface area contributed by atoms with Gasteiger partial charge in [0.05, 0.1) is 10.0 Å². The maximum atomic E-state index is 12.3. The van der Waals surface area contributed by atoms with E-state index < -0.39 is 0 Å². The van der Waals surface area contributed by atoms with Gasteiger partial charge in [-0.25, -0.2) is 0 Å². The summed E-state index contributed by atoms with van der Waals surface area (Å²) >= 11 is 11.9. The molecule has 2 aliphatic rings. The lowest BCUT2D eigenvalue weighted by Gasteiger charge is -2.17. The molecule has 0 heterocycles. The van der Waals surface area contributed by atoms with Crippen molar-refractivity contribution in [3.8, 4) is 0 Å². The molecule has 0 radical (unpaired) electrons. The van der Waals surface area contributed by atoms with Crippen LogP contribution in [0.25, 0.3) is 0 Å². The summed E-state index contributed by atoms with van der Waals surface area (Å²) in [6.07, 6.45) is 3.83. The van der Waals surface area contributed by atoms with E-state index in [0.29, 0.717) is 22.4 Å². The third-order valence-electron chi connectivity index (χ3n) is 4.46. The minimum atomic E-state index is 0.0298. The van der Waals surface area contributed by atoms with Crippen molar-refractivity contribution in [1.29, 1.82) is 0 Å². The molecule has 3 rings (SSSR count). The summed E-state index contributed by atoms with van der Waals surface area (Å²) in [5, 5.41) is 13.3. The van der Waals surface area contributed by atoms with Crippen LogP contribution in [-0.2, 0) is 4.79 Å². The van der Waals surface area contributed by atoms with Crippen molar-refractivity contribution < 1.29 is 9.90 Å². The van der Waals surface area contributed by atoms with E-state index in [4.69, 9.17) is 28.3 Å². The fourth-order valence-electron chi connectivity index (χ4n) is 2.95. The molecule has 2 aliphatic carbocycles. The predicted molar refractivity (Wildman–Crippen MR) is 83.7 cm³/mol. The number of nitrogens with one attached hydrogen (secondary N) is 1. The Bertz CT molecular complexity index is 545. The summed E-state index contributed by atoms with van der Waals surface area (Å²) in [6, 6.07) is 5.72. The Kier molecular flexibility index (Phi) is 4.43. The van der Waals surface area contributed by atoms with Gasteiger partial charge in [-0.15, -0.1) is 0 Å². The molecule has 2 saturated carbocycles. The molecule has 5 heteroatoms. The largest absolute Gasteiger partial charge is 0.396 e. The van der Waals surface area contributed by atoms with Crippen LogP contribution in [0.5, 0.6) is 0 Å². The van der Waals surface area contributed by atoms with Gasteiger partial charge in [0, 0.05) is 18.6 Å². The minimum absolute atomic E-state index is 0.0298. The molecule has 0 aromatic heterocycles. The third-order valence-corrected chi connectivity index (χ3v) is 5.20. The number of carbonyl (C=O) groups excluding carboxylic acids is 1. The highest BCUT2D eigenvalue weighted by Gasteiger charge is 2.45. The molecule has 1 amide bonds. The van der Waals surface area contributed by atoms with Crippen LogP contribution >= 0.6 is 23.2 Å². The second kappa shape index (κ2) is 6.15. The van der Waals surface area contributed by atoms with Crippen LogP contribution < -0.4 is 5.32 Å². The molecule has 2 N–H and O–H groups in total. The van der Waals surface area contributed by atoms with Gasteiger partial charge in [-0.2, -0.15) is 0 Å². The van der Waals surface area contributed by atoms with E-state index in [1.165, 1.54) is 0 Å². The van der Waals surface area contributed by atoms with Crippen LogP contribution in [0, 0.1) is 11.8 Å². The van der Waals surface area contributed by atoms with Crippen LogP contribution in [0.3, 0.4) is 0 Å². The van der Waals surface area contributed by atoms with Crippen LogP contribution in [-0.4, -0.2) is 23.7 Å². The van der Waals surface area contributed by atoms with Gasteiger partial charge in [-0.1, -0.05) is 29.3 Å². The van der Waals surface area contributed by atoms with E-state index in [1.54, 1.807) is 6.07 Å². The zero-order valence-corrected chi connectivity index (χ0v) is 13.2. The summed E-state index contributed by atoms with van der Waals surface area (Å²) in [5.41, 5.74) is 1.08. The number of benzene rings is 1. The number of hydrogen-bond donors (Lipinski definition) is 2. The Morgan fingerprint density at radius 2 is 2.10 bits per heavy atom. The van der Waals surface area contributed by atoms with E-state index in [0.717, 1.165) is 24.8 Å². The number of aliphatic hydroxyl groups excluding tert-OH is 1. The SMILES string of the molecule is O=C(NC(CCO)C1CC1)C1CC1c1ccc(Cl)c(Cl)c1. The normalized spacial score (nSPS) is 25.5. The fourth-order valence-corrected chi connectivity index (χ4v) is 3.26. The molecule has 0 aliphatic heterocycles. The highest BCUT2D eigenvalue weighted by Crippen LogP contribution is 2.48. The molecule has 21 heavy (non-hydrogen) atoms. The number of aliphatic hydroxyl groups is 1. The number of amides is 1. The number of rotatable bonds is 6. The van der Waals surface area contributed by atoms with Crippen LogP contribution in [0.4, 0.5) is 0 Å². The molecule has 3 atom stereocenters. The molecule has 0 bridgehead atoms. The van der Waals surface area contributed by atoms with Crippen molar-refractivity contribution in [3.63, 3.8) is 0 Å². The molecule has 1 aromatic rings. The van der Waals surface area contributed by atoms with Gasteiger partial charge in [0.1, 0.15) is 0 Å². The van der Waals surface area contributed by atoms with Crippen LogP contribution in [0.1, 0.15) is 37.2 Å². The Balaban J connectivity index is 1.58. The van der Waals surface area contributed by atoms with E-state index in [2.05, 4.69) is 5.32 Å². The first-order chi connectivity index (χ1) is 10.1. The maximum Gasteiger partial charge on any atom is 0.223 e. The second-order valence-corrected chi connectivity index (χ2v) is 6.90. The number of carbonyl (C=O) groups is 1. The van der Waals surface area contributed by atoms with Gasteiger partial charge in [0.15, 0.2) is 0 Å². The smallest absolute Gasteiger partial charge is 0.223 e. The Morgan fingerprint density at radius 1 is 1.33 bits per heavy atom. The van der Waals surface area contributed by atoms with Gasteiger partial charge in [-0.3, -0.25) is 4.79 Å². The molecule has 3 nitrogen and oxygen atoms in total. The summed E-state index contributed by atoms with van der Waals surface area (Å²) in [6.45, 7) is 0.127. The summed E-state index contributed by atoms with van der Waals surface area (Å²) in [4.78, 5) is 12.3. The Hall–Kier alpha value is -0.770. The minimum Gasteiger partial charge on any atom is -0.396 e. The van der Waals surface area contributed by atoms with Crippen molar-refractivity contribution in [2.24, 2.45) is 11.8 Å². The van der Waals surface area contributed by atoms with Crippen molar-refractivity contribution in [1.82, 2.24) is 5.32 Å². The van der Waals surface area contributed by atoms with Gasteiger partial charge in [0.2, 0.25) is 5.91 Å². The standard InChI is InChI=1S/C16H19Cl2NO2/c17-13-4-3-10(7-14(13)18)11-8-12(11)16(21)19-15(5-6-20)9-1-2-9/h3-4,7,9,11-12,15,20H,1-2,5-6,8H2,(H,19,21). The van der Waals surface area contributed by atoms with Gasteiger partial charge < -0.3 is 10.4 Å². The molecule has 0 spiro atoms. The highest BCUT2D eigenvalue weighted by molar-refractivity contribution is 6.42. The van der Waals surface area contributed by atoms with Crippen molar-refractivity contribution in [3.05, 3.63) is 33.8 Å². The summed E-state index contributed by atoms with van der Waals surface area (Å²) in [7, 11) is 0. The van der Waals surface area contributed by atoms with Gasteiger partial charge in [-0.05, 0) is 55.2 Å². The zero-order chi connectivity index (χ0) is 15.0. The van der Waals surface area contributed by atoms with Gasteiger partial charge >= 0.3 is 0 Å². The van der Waals surface area contributed by atoms with E-state index in [-0.39, 0.29) is 30.4 Å². The van der Waals surface area contributed by atoms with Crippen molar-refractivity contribution in [2.45, 2.75) is 37.6 Å². The zero-order valence-electron chi connectivity index (χ0n) is 11.7. The summed E-state index contributed by atoms with van der Waals surface area (Å²) < 4.78 is 0. The molecule has 3 unspecified atom stereocenters. The molecular formula is C16H19Cl2NO2. The van der Waals surface area contributed by atoms with Gasteiger partial charge in [0.25, 0.3) is 0 Å². The number of halogens is 2. The van der Waals surface area contributed by atoms with Crippen LogP contribution in [0.15, 0.2) is 18.2 Å². The first-order valence-electron chi connectivity index (χ1n) is 7.46. The predicted octanol–water partition coefficient (Wildman–Crippen LogP) is 3.37. The maximum absolute atomic E-state index is 12.3. The molecule has 114 valence electrons. The molecule has 0 saturated heterocycles. The third kappa shape index (κ3) is 3.53. The average molecular weight is 328 g/mol. The summed E-state index contributed by atoms with van der Waals surface area (Å²) in [5.74, 6) is 0.940.